The van der Waals surface area contributed by atoms with E-state index < -0.39 is 0 Å². The summed E-state index contributed by atoms with van der Waals surface area (Å²) in [7, 11) is 0. The van der Waals surface area contributed by atoms with Crippen LogP contribution < -0.4 is 5.32 Å². The number of carbonyl (C=O) groups excluding carboxylic acids is 1. The van der Waals surface area contributed by atoms with Crippen molar-refractivity contribution in [3.63, 3.8) is 0 Å². The largest absolute Gasteiger partial charge is 0.459 e. The number of thiophene rings is 1. The van der Waals surface area contributed by atoms with Crippen LogP contribution >= 0.6 is 35.3 Å². The molecule has 0 radical (unpaired) electrons. The lowest BCUT2D eigenvalue weighted by atomic mass is 9.92. The van der Waals surface area contributed by atoms with Gasteiger partial charge in [-0.15, -0.1) is 35.3 Å². The van der Waals surface area contributed by atoms with Crippen LogP contribution in [0.2, 0.25) is 0 Å². The molecule has 0 bridgehead atoms. The Kier molecular flexibility index (Phi) is 8.36. The van der Waals surface area contributed by atoms with Crippen molar-refractivity contribution in [2.45, 2.75) is 26.2 Å². The van der Waals surface area contributed by atoms with Gasteiger partial charge < -0.3 is 19.5 Å². The van der Waals surface area contributed by atoms with Gasteiger partial charge in [0.25, 0.3) is 5.91 Å². The molecule has 28 heavy (non-hydrogen) atoms. The molecular weight excluding hydrogens is 487 g/mol. The highest BCUT2D eigenvalue weighted by Crippen LogP contribution is 2.27. The van der Waals surface area contributed by atoms with Crippen molar-refractivity contribution < 1.29 is 9.21 Å². The number of rotatable bonds is 5. The minimum absolute atomic E-state index is 0. The van der Waals surface area contributed by atoms with Crippen molar-refractivity contribution in [3.8, 4) is 0 Å². The van der Waals surface area contributed by atoms with E-state index in [1.54, 1.807) is 23.5 Å². The first-order valence-electron chi connectivity index (χ1n) is 9.41. The molecule has 6 nitrogen and oxygen atoms in total. The number of nitrogens with zero attached hydrogens (tertiary/aromatic N) is 3. The molecule has 3 heterocycles. The minimum Gasteiger partial charge on any atom is -0.459 e. The van der Waals surface area contributed by atoms with E-state index in [1.807, 2.05) is 4.90 Å². The molecule has 154 valence electrons. The Bertz CT molecular complexity index is 751. The van der Waals surface area contributed by atoms with Crippen molar-refractivity contribution in [2.75, 3.05) is 39.3 Å². The maximum absolute atomic E-state index is 12.4. The van der Waals surface area contributed by atoms with Gasteiger partial charge >= 0.3 is 0 Å². The fraction of sp³-hybridized carbons (Fsp3) is 0.500. The summed E-state index contributed by atoms with van der Waals surface area (Å²) in [5.74, 6) is 1.29. The first-order valence-corrected chi connectivity index (χ1v) is 10.3. The molecule has 2 aromatic rings. The Labute approximate surface area is 188 Å². The van der Waals surface area contributed by atoms with Crippen LogP contribution in [-0.4, -0.2) is 60.9 Å². The standard InChI is InChI=1S/C20H28N4O2S.HI/c1-4-21-19(22-15-20(2,3)17-8-6-14-27-17)24-11-9-23(10-12-24)18(25)16-7-5-13-26-16;/h5-8,13-14H,4,9-12,15H2,1-3H3,(H,21,22);1H. The molecule has 3 rings (SSSR count). The van der Waals surface area contributed by atoms with E-state index in [-0.39, 0.29) is 35.3 Å². The predicted octanol–water partition coefficient (Wildman–Crippen LogP) is 3.66. The second kappa shape index (κ2) is 10.3. The van der Waals surface area contributed by atoms with E-state index in [4.69, 9.17) is 9.41 Å². The van der Waals surface area contributed by atoms with Crippen LogP contribution in [0.1, 0.15) is 36.2 Å². The molecule has 0 atom stereocenters. The molecule has 1 aliphatic heterocycles. The van der Waals surface area contributed by atoms with Crippen molar-refractivity contribution in [1.82, 2.24) is 15.1 Å². The van der Waals surface area contributed by atoms with Crippen LogP contribution in [0.4, 0.5) is 0 Å². The highest BCUT2D eigenvalue weighted by atomic mass is 127. The second-order valence-electron chi connectivity index (χ2n) is 7.29. The fourth-order valence-electron chi connectivity index (χ4n) is 3.12. The van der Waals surface area contributed by atoms with Gasteiger partial charge in [-0.25, -0.2) is 0 Å². The van der Waals surface area contributed by atoms with Crippen molar-refractivity contribution in [1.29, 1.82) is 0 Å². The molecular formula is C20H29IN4O2S. The predicted molar refractivity (Wildman–Crippen MR) is 125 cm³/mol. The van der Waals surface area contributed by atoms with Gasteiger partial charge in [-0.2, -0.15) is 0 Å². The van der Waals surface area contributed by atoms with Gasteiger partial charge in [0.1, 0.15) is 0 Å². The van der Waals surface area contributed by atoms with E-state index >= 15 is 0 Å². The SMILES string of the molecule is CCNC(=NCC(C)(C)c1cccs1)N1CCN(C(=O)c2ccco2)CC1.I. The Hall–Kier alpha value is -1.55. The second-order valence-corrected chi connectivity index (χ2v) is 8.24. The first-order chi connectivity index (χ1) is 13.0. The number of furan rings is 1. The average Bonchev–Trinajstić information content (AvgIpc) is 3.39. The van der Waals surface area contributed by atoms with Crippen LogP contribution in [0.3, 0.4) is 0 Å². The molecule has 0 spiro atoms. The number of aliphatic imine (C=N–C) groups is 1. The smallest absolute Gasteiger partial charge is 0.289 e. The number of piperazine rings is 1. The molecule has 1 N–H and O–H groups in total. The van der Waals surface area contributed by atoms with E-state index in [9.17, 15) is 4.79 Å². The summed E-state index contributed by atoms with van der Waals surface area (Å²) in [6.07, 6.45) is 1.54. The topological polar surface area (TPSA) is 61.1 Å². The zero-order valence-electron chi connectivity index (χ0n) is 16.7. The van der Waals surface area contributed by atoms with Crippen LogP contribution in [-0.2, 0) is 5.41 Å². The number of hydrogen-bond acceptors (Lipinski definition) is 4. The number of halogens is 1. The molecule has 0 saturated carbocycles. The lowest BCUT2D eigenvalue weighted by molar-refractivity contribution is 0.0657. The molecule has 1 amide bonds. The molecule has 8 heteroatoms. The molecule has 0 aliphatic carbocycles. The van der Waals surface area contributed by atoms with Crippen LogP contribution in [0.15, 0.2) is 45.3 Å². The Balaban J connectivity index is 0.00000280. The van der Waals surface area contributed by atoms with Crippen molar-refractivity contribution in [2.24, 2.45) is 4.99 Å². The van der Waals surface area contributed by atoms with Crippen LogP contribution in [0.5, 0.6) is 0 Å². The van der Waals surface area contributed by atoms with Crippen molar-refractivity contribution in [3.05, 3.63) is 46.5 Å². The van der Waals surface area contributed by atoms with Gasteiger partial charge in [0.05, 0.1) is 12.8 Å². The molecule has 0 aromatic carbocycles. The van der Waals surface area contributed by atoms with Gasteiger partial charge in [-0.1, -0.05) is 19.9 Å². The zero-order chi connectivity index (χ0) is 19.3. The van der Waals surface area contributed by atoms with Gasteiger partial charge in [0.15, 0.2) is 11.7 Å². The quantitative estimate of drug-likeness (QED) is 0.375. The van der Waals surface area contributed by atoms with E-state index in [0.717, 1.165) is 32.1 Å². The highest BCUT2D eigenvalue weighted by molar-refractivity contribution is 14.0. The first kappa shape index (κ1) is 22.7. The van der Waals surface area contributed by atoms with E-state index in [1.165, 1.54) is 11.1 Å². The van der Waals surface area contributed by atoms with Crippen molar-refractivity contribution >= 4 is 47.2 Å². The lowest BCUT2D eigenvalue weighted by Crippen LogP contribution is -2.54. The third kappa shape index (κ3) is 5.50. The number of amides is 1. The summed E-state index contributed by atoms with van der Waals surface area (Å²) >= 11 is 1.78. The van der Waals surface area contributed by atoms with Gasteiger partial charge in [-0.05, 0) is 30.5 Å². The summed E-state index contributed by atoms with van der Waals surface area (Å²) in [5, 5.41) is 5.51. The Morgan fingerprint density at radius 2 is 1.93 bits per heavy atom. The normalized spacial score (nSPS) is 15.3. The average molecular weight is 516 g/mol. The molecule has 0 unspecified atom stereocenters. The minimum atomic E-state index is -0.0413. The van der Waals surface area contributed by atoms with Crippen LogP contribution in [0.25, 0.3) is 0 Å². The molecule has 2 aromatic heterocycles. The number of hydrogen-bond donors (Lipinski definition) is 1. The monoisotopic (exact) mass is 516 g/mol. The van der Waals surface area contributed by atoms with Crippen LogP contribution in [0, 0.1) is 0 Å². The summed E-state index contributed by atoms with van der Waals surface area (Å²) in [5.41, 5.74) is 0.00587. The fourth-order valence-corrected chi connectivity index (χ4v) is 3.96. The number of carbonyl (C=O) groups is 1. The number of nitrogens with one attached hydrogen (secondary N) is 1. The Morgan fingerprint density at radius 3 is 2.50 bits per heavy atom. The van der Waals surface area contributed by atoms with Gasteiger partial charge in [-0.3, -0.25) is 9.79 Å². The summed E-state index contributed by atoms with van der Waals surface area (Å²) in [6.45, 7) is 10.9. The van der Waals surface area contributed by atoms with E-state index in [0.29, 0.717) is 18.8 Å². The summed E-state index contributed by atoms with van der Waals surface area (Å²) in [4.78, 5) is 22.7. The third-order valence-electron chi connectivity index (χ3n) is 4.75. The number of guanidine groups is 1. The third-order valence-corrected chi connectivity index (χ3v) is 5.98. The summed E-state index contributed by atoms with van der Waals surface area (Å²) in [6, 6.07) is 7.72. The van der Waals surface area contributed by atoms with Gasteiger partial charge in [0.2, 0.25) is 0 Å². The maximum Gasteiger partial charge on any atom is 0.289 e. The van der Waals surface area contributed by atoms with Gasteiger partial charge in [0, 0.05) is 43.0 Å². The maximum atomic E-state index is 12.4. The molecule has 1 saturated heterocycles. The molecule has 1 fully saturated rings. The van der Waals surface area contributed by atoms with E-state index in [2.05, 4.69) is 48.5 Å². The lowest BCUT2D eigenvalue weighted by Gasteiger charge is -2.36. The highest BCUT2D eigenvalue weighted by Gasteiger charge is 2.26. The zero-order valence-corrected chi connectivity index (χ0v) is 19.8. The summed E-state index contributed by atoms with van der Waals surface area (Å²) < 4.78 is 5.23. The Morgan fingerprint density at radius 1 is 1.21 bits per heavy atom. The molecule has 1 aliphatic rings.